The van der Waals surface area contributed by atoms with E-state index in [1.165, 1.54) is 0 Å². The van der Waals surface area contributed by atoms with E-state index in [2.05, 4.69) is 5.32 Å². The van der Waals surface area contributed by atoms with E-state index in [9.17, 15) is 4.79 Å². The number of hydrogen-bond acceptors (Lipinski definition) is 4. The quantitative estimate of drug-likeness (QED) is 0.936. The van der Waals surface area contributed by atoms with E-state index in [0.29, 0.717) is 18.9 Å². The van der Waals surface area contributed by atoms with Crippen LogP contribution in [0.15, 0.2) is 41.0 Å². The minimum atomic E-state index is -0.206. The summed E-state index contributed by atoms with van der Waals surface area (Å²) in [6.45, 7) is 1.12. The number of nitrogens with one attached hydrogen (secondary N) is 1. The van der Waals surface area contributed by atoms with Crippen LogP contribution in [0.5, 0.6) is 5.75 Å². The van der Waals surface area contributed by atoms with Crippen molar-refractivity contribution in [3.8, 4) is 5.75 Å². The minimum Gasteiger partial charge on any atom is -0.491 e. The Morgan fingerprint density at radius 1 is 1.33 bits per heavy atom. The SMILES string of the molecule is CN(C)Cc1ccoc1C(=O)N[C@H]1COc2ccccc21. The van der Waals surface area contributed by atoms with Gasteiger partial charge in [0.05, 0.1) is 12.3 Å². The van der Waals surface area contributed by atoms with Crippen molar-refractivity contribution in [2.24, 2.45) is 0 Å². The third kappa shape index (κ3) is 2.78. The number of rotatable bonds is 4. The van der Waals surface area contributed by atoms with Gasteiger partial charge in [0, 0.05) is 17.7 Å². The summed E-state index contributed by atoms with van der Waals surface area (Å²) in [4.78, 5) is 14.4. The molecule has 1 aromatic carbocycles. The average molecular weight is 286 g/mol. The maximum absolute atomic E-state index is 12.4. The summed E-state index contributed by atoms with van der Waals surface area (Å²) in [5.41, 5.74) is 1.89. The summed E-state index contributed by atoms with van der Waals surface area (Å²) in [5.74, 6) is 0.992. The first-order chi connectivity index (χ1) is 10.1. The zero-order valence-electron chi connectivity index (χ0n) is 12.1. The van der Waals surface area contributed by atoms with Gasteiger partial charge in [-0.25, -0.2) is 0 Å². The molecule has 1 amide bonds. The second kappa shape index (κ2) is 5.61. The van der Waals surface area contributed by atoms with E-state index in [1.54, 1.807) is 6.26 Å². The number of nitrogens with zero attached hydrogens (tertiary/aromatic N) is 1. The van der Waals surface area contributed by atoms with Crippen molar-refractivity contribution in [3.05, 3.63) is 53.5 Å². The Morgan fingerprint density at radius 3 is 2.95 bits per heavy atom. The highest BCUT2D eigenvalue weighted by Crippen LogP contribution is 2.31. The molecule has 1 aromatic heterocycles. The first-order valence-electron chi connectivity index (χ1n) is 6.89. The molecule has 1 aliphatic rings. The topological polar surface area (TPSA) is 54.7 Å². The Balaban J connectivity index is 1.75. The van der Waals surface area contributed by atoms with Gasteiger partial charge in [-0.15, -0.1) is 0 Å². The van der Waals surface area contributed by atoms with Crippen LogP contribution in [0.25, 0.3) is 0 Å². The third-order valence-electron chi connectivity index (χ3n) is 3.44. The molecule has 0 spiro atoms. The number of carbonyl (C=O) groups is 1. The van der Waals surface area contributed by atoms with Crippen LogP contribution in [-0.2, 0) is 6.54 Å². The molecule has 0 bridgehead atoms. The smallest absolute Gasteiger partial charge is 0.287 e. The molecule has 2 aromatic rings. The lowest BCUT2D eigenvalue weighted by Crippen LogP contribution is -2.30. The number of carbonyl (C=O) groups excluding carboxylic acids is 1. The van der Waals surface area contributed by atoms with Crippen molar-refractivity contribution < 1.29 is 13.9 Å². The highest BCUT2D eigenvalue weighted by Gasteiger charge is 2.27. The number of fused-ring (bicyclic) bond motifs is 1. The van der Waals surface area contributed by atoms with Crippen molar-refractivity contribution in [2.75, 3.05) is 20.7 Å². The molecule has 0 fully saturated rings. The van der Waals surface area contributed by atoms with E-state index in [4.69, 9.17) is 9.15 Å². The van der Waals surface area contributed by atoms with Gasteiger partial charge in [-0.05, 0) is 26.2 Å². The zero-order valence-corrected chi connectivity index (χ0v) is 12.1. The van der Waals surface area contributed by atoms with Crippen LogP contribution in [0.4, 0.5) is 0 Å². The van der Waals surface area contributed by atoms with Crippen LogP contribution >= 0.6 is 0 Å². The van der Waals surface area contributed by atoms with E-state index >= 15 is 0 Å². The molecule has 110 valence electrons. The monoisotopic (exact) mass is 286 g/mol. The van der Waals surface area contributed by atoms with Crippen LogP contribution in [-0.4, -0.2) is 31.5 Å². The lowest BCUT2D eigenvalue weighted by atomic mass is 10.1. The average Bonchev–Trinajstić information content (AvgIpc) is 3.06. The van der Waals surface area contributed by atoms with Gasteiger partial charge in [0.1, 0.15) is 12.4 Å². The van der Waals surface area contributed by atoms with Gasteiger partial charge in [0.2, 0.25) is 0 Å². The van der Waals surface area contributed by atoms with E-state index in [0.717, 1.165) is 16.9 Å². The molecule has 0 saturated heterocycles. The molecule has 1 atom stereocenters. The number of ether oxygens (including phenoxy) is 1. The van der Waals surface area contributed by atoms with Crippen molar-refractivity contribution in [2.45, 2.75) is 12.6 Å². The van der Waals surface area contributed by atoms with Crippen molar-refractivity contribution >= 4 is 5.91 Å². The predicted molar refractivity (Wildman–Crippen MR) is 78.2 cm³/mol. The predicted octanol–water partition coefficient (Wildman–Crippen LogP) is 2.20. The molecule has 3 rings (SSSR count). The van der Waals surface area contributed by atoms with Gasteiger partial charge >= 0.3 is 0 Å². The highest BCUT2D eigenvalue weighted by atomic mass is 16.5. The molecule has 0 saturated carbocycles. The van der Waals surface area contributed by atoms with Crippen molar-refractivity contribution in [3.63, 3.8) is 0 Å². The Kier molecular flexibility index (Phi) is 3.66. The Hall–Kier alpha value is -2.27. The molecule has 0 unspecified atom stereocenters. The van der Waals surface area contributed by atoms with E-state index < -0.39 is 0 Å². The number of hydrogen-bond donors (Lipinski definition) is 1. The lowest BCUT2D eigenvalue weighted by molar-refractivity contribution is 0.0900. The third-order valence-corrected chi connectivity index (χ3v) is 3.44. The maximum Gasteiger partial charge on any atom is 0.287 e. The summed E-state index contributed by atoms with van der Waals surface area (Å²) in [7, 11) is 3.91. The standard InChI is InChI=1S/C16H18N2O3/c1-18(2)9-11-7-8-20-15(11)16(19)17-13-10-21-14-6-4-3-5-12(13)14/h3-8,13H,9-10H2,1-2H3,(H,17,19)/t13-/m0/s1. The van der Waals surface area contributed by atoms with Crippen molar-refractivity contribution in [1.29, 1.82) is 0 Å². The number of furan rings is 1. The van der Waals surface area contributed by atoms with Crippen LogP contribution in [0, 0.1) is 0 Å². The molecule has 1 aliphatic heterocycles. The molecule has 2 heterocycles. The van der Waals surface area contributed by atoms with E-state index in [-0.39, 0.29) is 11.9 Å². The van der Waals surface area contributed by atoms with Crippen LogP contribution in [0.3, 0.4) is 0 Å². The second-order valence-electron chi connectivity index (χ2n) is 5.39. The van der Waals surface area contributed by atoms with Gasteiger partial charge in [0.25, 0.3) is 5.91 Å². The summed E-state index contributed by atoms with van der Waals surface area (Å²) >= 11 is 0. The molecular formula is C16H18N2O3. The number of para-hydroxylation sites is 1. The Morgan fingerprint density at radius 2 is 2.14 bits per heavy atom. The van der Waals surface area contributed by atoms with Crippen LogP contribution < -0.4 is 10.1 Å². The zero-order chi connectivity index (χ0) is 14.8. The molecule has 5 nitrogen and oxygen atoms in total. The fourth-order valence-corrected chi connectivity index (χ4v) is 2.51. The first kappa shape index (κ1) is 13.7. The molecule has 21 heavy (non-hydrogen) atoms. The number of benzene rings is 1. The molecule has 0 aliphatic carbocycles. The lowest BCUT2D eigenvalue weighted by Gasteiger charge is -2.12. The Bertz CT molecular complexity index is 648. The molecule has 1 N–H and O–H groups in total. The van der Waals surface area contributed by atoms with Gasteiger partial charge in [0.15, 0.2) is 5.76 Å². The first-order valence-corrected chi connectivity index (χ1v) is 6.89. The maximum atomic E-state index is 12.4. The summed E-state index contributed by atoms with van der Waals surface area (Å²) < 4.78 is 10.9. The highest BCUT2D eigenvalue weighted by molar-refractivity contribution is 5.93. The fraction of sp³-hybridized carbons (Fsp3) is 0.312. The van der Waals surface area contributed by atoms with Gasteiger partial charge in [-0.3, -0.25) is 4.79 Å². The molecular weight excluding hydrogens is 268 g/mol. The van der Waals surface area contributed by atoms with Crippen LogP contribution in [0.1, 0.15) is 27.7 Å². The Labute approximate surface area is 123 Å². The van der Waals surface area contributed by atoms with Gasteiger partial charge < -0.3 is 19.4 Å². The fourth-order valence-electron chi connectivity index (χ4n) is 2.51. The van der Waals surface area contributed by atoms with E-state index in [1.807, 2.05) is 49.3 Å². The normalized spacial score (nSPS) is 16.6. The largest absolute Gasteiger partial charge is 0.491 e. The van der Waals surface area contributed by atoms with Crippen molar-refractivity contribution in [1.82, 2.24) is 10.2 Å². The second-order valence-corrected chi connectivity index (χ2v) is 5.39. The minimum absolute atomic E-state index is 0.133. The van der Waals surface area contributed by atoms with Gasteiger partial charge in [-0.2, -0.15) is 0 Å². The van der Waals surface area contributed by atoms with Crippen LogP contribution in [0.2, 0.25) is 0 Å². The summed E-state index contributed by atoms with van der Waals surface area (Å²) in [6.07, 6.45) is 1.55. The molecule has 0 radical (unpaired) electrons. The molecule has 5 heteroatoms. The summed E-state index contributed by atoms with van der Waals surface area (Å²) in [6, 6.07) is 9.43. The number of amides is 1. The van der Waals surface area contributed by atoms with Gasteiger partial charge in [-0.1, -0.05) is 18.2 Å². The summed E-state index contributed by atoms with van der Waals surface area (Å²) in [5, 5.41) is 2.97.